The van der Waals surface area contributed by atoms with E-state index in [0.29, 0.717) is 12.0 Å². The first-order valence-electron chi connectivity index (χ1n) is 7.68. The fourth-order valence-electron chi connectivity index (χ4n) is 2.67. The van der Waals surface area contributed by atoms with Crippen molar-refractivity contribution >= 4 is 0 Å². The molecule has 1 N–H and O–H groups in total. The summed E-state index contributed by atoms with van der Waals surface area (Å²) in [5, 5.41) is 7.64. The van der Waals surface area contributed by atoms with Crippen LogP contribution in [0.2, 0.25) is 0 Å². The Kier molecular flexibility index (Phi) is 5.51. The minimum atomic E-state index is 0.358. The Balaban J connectivity index is 2.08. The average Bonchev–Trinajstić information content (AvgIpc) is 2.90. The molecule has 0 saturated carbocycles. The van der Waals surface area contributed by atoms with Gasteiger partial charge in [-0.15, -0.1) is 0 Å². The summed E-state index contributed by atoms with van der Waals surface area (Å²) in [4.78, 5) is 4.44. The molecule has 21 heavy (non-hydrogen) atoms. The second-order valence-corrected chi connectivity index (χ2v) is 6.03. The summed E-state index contributed by atoms with van der Waals surface area (Å²) in [7, 11) is 2.01. The second kappa shape index (κ2) is 7.36. The standard InChI is InChI=1S/C17H26N4/c1-13(2)21-17(19-12-20-21)10-16(11-18-4)9-15-7-5-14(3)6-8-15/h5-8,12-13,16,18H,9-11H2,1-4H3. The normalized spacial score (nSPS) is 12.8. The molecule has 0 aliphatic rings. The van der Waals surface area contributed by atoms with Gasteiger partial charge >= 0.3 is 0 Å². The highest BCUT2D eigenvalue weighted by atomic mass is 15.3. The first-order chi connectivity index (χ1) is 10.1. The minimum Gasteiger partial charge on any atom is -0.319 e. The summed E-state index contributed by atoms with van der Waals surface area (Å²) >= 11 is 0. The fourth-order valence-corrected chi connectivity index (χ4v) is 2.67. The van der Waals surface area contributed by atoms with Crippen LogP contribution in [-0.2, 0) is 12.8 Å². The van der Waals surface area contributed by atoms with E-state index in [1.54, 1.807) is 6.33 Å². The first kappa shape index (κ1) is 15.7. The van der Waals surface area contributed by atoms with Crippen LogP contribution < -0.4 is 5.32 Å². The van der Waals surface area contributed by atoms with Gasteiger partial charge < -0.3 is 5.32 Å². The smallest absolute Gasteiger partial charge is 0.138 e. The summed E-state index contributed by atoms with van der Waals surface area (Å²) in [6.07, 6.45) is 3.68. The van der Waals surface area contributed by atoms with E-state index in [-0.39, 0.29) is 0 Å². The lowest BCUT2D eigenvalue weighted by Crippen LogP contribution is -2.24. The molecule has 0 spiro atoms. The van der Waals surface area contributed by atoms with Crippen LogP contribution in [0, 0.1) is 12.8 Å². The summed E-state index contributed by atoms with van der Waals surface area (Å²) < 4.78 is 2.03. The monoisotopic (exact) mass is 286 g/mol. The predicted molar refractivity (Wildman–Crippen MR) is 86.4 cm³/mol. The van der Waals surface area contributed by atoms with Crippen molar-refractivity contribution in [2.45, 2.75) is 39.7 Å². The van der Waals surface area contributed by atoms with Crippen LogP contribution in [0.1, 0.15) is 36.8 Å². The Labute approximate surface area is 127 Å². The number of aromatic nitrogens is 3. The Bertz CT molecular complexity index is 542. The van der Waals surface area contributed by atoms with Crippen LogP contribution in [-0.4, -0.2) is 28.4 Å². The molecule has 0 radical (unpaired) electrons. The molecule has 0 fully saturated rings. The summed E-state index contributed by atoms with van der Waals surface area (Å²) in [5.74, 6) is 1.61. The Morgan fingerprint density at radius 2 is 1.86 bits per heavy atom. The molecular weight excluding hydrogens is 260 g/mol. The van der Waals surface area contributed by atoms with Crippen molar-refractivity contribution in [3.05, 3.63) is 47.5 Å². The van der Waals surface area contributed by atoms with Gasteiger partial charge in [-0.05, 0) is 52.3 Å². The molecule has 0 aliphatic carbocycles. The van der Waals surface area contributed by atoms with Crippen LogP contribution in [0.4, 0.5) is 0 Å². The van der Waals surface area contributed by atoms with E-state index in [2.05, 4.69) is 60.4 Å². The molecule has 114 valence electrons. The maximum absolute atomic E-state index is 4.44. The highest BCUT2D eigenvalue weighted by Gasteiger charge is 2.15. The minimum absolute atomic E-state index is 0.358. The van der Waals surface area contributed by atoms with Crippen molar-refractivity contribution in [1.82, 2.24) is 20.1 Å². The molecule has 1 atom stereocenters. The molecule has 0 amide bonds. The third-order valence-electron chi connectivity index (χ3n) is 3.75. The van der Waals surface area contributed by atoms with Gasteiger partial charge in [-0.3, -0.25) is 0 Å². The lowest BCUT2D eigenvalue weighted by atomic mass is 9.95. The predicted octanol–water partition coefficient (Wildman–Crippen LogP) is 2.79. The van der Waals surface area contributed by atoms with Crippen molar-refractivity contribution in [2.75, 3.05) is 13.6 Å². The van der Waals surface area contributed by atoms with Crippen molar-refractivity contribution in [3.63, 3.8) is 0 Å². The highest BCUT2D eigenvalue weighted by molar-refractivity contribution is 5.21. The molecule has 4 heteroatoms. The van der Waals surface area contributed by atoms with E-state index in [1.165, 1.54) is 11.1 Å². The van der Waals surface area contributed by atoms with Crippen LogP contribution in [0.15, 0.2) is 30.6 Å². The van der Waals surface area contributed by atoms with E-state index >= 15 is 0 Å². The van der Waals surface area contributed by atoms with Gasteiger partial charge in [0.25, 0.3) is 0 Å². The highest BCUT2D eigenvalue weighted by Crippen LogP contribution is 2.15. The third kappa shape index (κ3) is 4.39. The zero-order chi connectivity index (χ0) is 15.2. The van der Waals surface area contributed by atoms with E-state index in [1.807, 2.05) is 11.7 Å². The molecule has 2 aromatic rings. The Morgan fingerprint density at radius 1 is 1.14 bits per heavy atom. The van der Waals surface area contributed by atoms with Crippen molar-refractivity contribution in [2.24, 2.45) is 5.92 Å². The first-order valence-corrected chi connectivity index (χ1v) is 7.68. The molecule has 4 nitrogen and oxygen atoms in total. The fraction of sp³-hybridized carbons (Fsp3) is 0.529. The lowest BCUT2D eigenvalue weighted by Gasteiger charge is -2.18. The summed E-state index contributed by atoms with van der Waals surface area (Å²) in [6, 6.07) is 9.18. The van der Waals surface area contributed by atoms with Gasteiger partial charge in [0.05, 0.1) is 0 Å². The third-order valence-corrected chi connectivity index (χ3v) is 3.75. The van der Waals surface area contributed by atoms with Crippen molar-refractivity contribution in [1.29, 1.82) is 0 Å². The number of rotatable bonds is 7. The maximum Gasteiger partial charge on any atom is 0.138 e. The molecule has 1 aromatic heterocycles. The van der Waals surface area contributed by atoms with Crippen LogP contribution >= 0.6 is 0 Å². The van der Waals surface area contributed by atoms with Crippen LogP contribution in [0.25, 0.3) is 0 Å². The maximum atomic E-state index is 4.44. The van der Waals surface area contributed by atoms with Gasteiger partial charge in [0.15, 0.2) is 0 Å². The number of nitrogens with one attached hydrogen (secondary N) is 1. The van der Waals surface area contributed by atoms with Gasteiger partial charge in [-0.1, -0.05) is 29.8 Å². The van der Waals surface area contributed by atoms with Gasteiger partial charge in [0.2, 0.25) is 0 Å². The van der Waals surface area contributed by atoms with Crippen molar-refractivity contribution in [3.8, 4) is 0 Å². The Morgan fingerprint density at radius 3 is 2.48 bits per heavy atom. The molecule has 0 bridgehead atoms. The summed E-state index contributed by atoms with van der Waals surface area (Å²) in [6.45, 7) is 7.40. The summed E-state index contributed by atoms with van der Waals surface area (Å²) in [5.41, 5.74) is 2.69. The molecule has 1 aromatic carbocycles. The van der Waals surface area contributed by atoms with E-state index < -0.39 is 0 Å². The molecule has 1 heterocycles. The largest absolute Gasteiger partial charge is 0.319 e. The number of hydrogen-bond donors (Lipinski definition) is 1. The van der Waals surface area contributed by atoms with E-state index in [9.17, 15) is 0 Å². The number of nitrogens with zero attached hydrogens (tertiary/aromatic N) is 3. The molecule has 0 aliphatic heterocycles. The number of benzene rings is 1. The van der Waals surface area contributed by atoms with E-state index in [4.69, 9.17) is 0 Å². The van der Waals surface area contributed by atoms with Crippen molar-refractivity contribution < 1.29 is 0 Å². The van der Waals surface area contributed by atoms with Crippen LogP contribution in [0.3, 0.4) is 0 Å². The van der Waals surface area contributed by atoms with Crippen LogP contribution in [0.5, 0.6) is 0 Å². The van der Waals surface area contributed by atoms with Gasteiger partial charge in [-0.25, -0.2) is 9.67 Å². The second-order valence-electron chi connectivity index (χ2n) is 6.03. The van der Waals surface area contributed by atoms with Gasteiger partial charge in [0, 0.05) is 12.5 Å². The lowest BCUT2D eigenvalue weighted by molar-refractivity contribution is 0.440. The van der Waals surface area contributed by atoms with Gasteiger partial charge in [-0.2, -0.15) is 5.10 Å². The average molecular weight is 286 g/mol. The Hall–Kier alpha value is -1.68. The topological polar surface area (TPSA) is 42.7 Å². The quantitative estimate of drug-likeness (QED) is 0.851. The number of hydrogen-bond acceptors (Lipinski definition) is 3. The molecule has 2 rings (SSSR count). The molecule has 0 saturated heterocycles. The zero-order valence-electron chi connectivity index (χ0n) is 13.5. The number of aryl methyl sites for hydroxylation is 1. The van der Waals surface area contributed by atoms with Gasteiger partial charge in [0.1, 0.15) is 12.2 Å². The molecular formula is C17H26N4. The van der Waals surface area contributed by atoms with E-state index in [0.717, 1.165) is 25.2 Å². The molecule has 1 unspecified atom stereocenters. The zero-order valence-corrected chi connectivity index (χ0v) is 13.5. The SMILES string of the molecule is CNCC(Cc1ccc(C)cc1)Cc1ncnn1C(C)C.